The van der Waals surface area contributed by atoms with Crippen molar-refractivity contribution in [3.8, 4) is 0 Å². The van der Waals surface area contributed by atoms with Crippen LogP contribution in [0, 0.1) is 40.4 Å². The molecule has 0 aromatic carbocycles. The molecule has 8 unspecified atom stereocenters. The number of hydrogen-bond acceptors (Lipinski definition) is 4. The Kier molecular flexibility index (Phi) is 9.44. The van der Waals surface area contributed by atoms with Crippen LogP contribution in [0.2, 0.25) is 78.6 Å². The summed E-state index contributed by atoms with van der Waals surface area (Å²) >= 11 is 0. The van der Waals surface area contributed by atoms with Gasteiger partial charge >= 0.3 is 0 Å². The number of fused-ring (bicyclic) bond motifs is 5. The summed E-state index contributed by atoms with van der Waals surface area (Å²) in [5.41, 5.74) is 0.552. The topological polar surface area (TPSA) is 36.9 Å². The van der Waals surface area contributed by atoms with Gasteiger partial charge in [0, 0.05) is 18.6 Å². The molecule has 0 amide bonds. The van der Waals surface area contributed by atoms with Crippen LogP contribution in [0.25, 0.3) is 0 Å². The maximum Gasteiger partial charge on any atom is 0.184 e. The Bertz CT molecular complexity index is 933. The third kappa shape index (κ3) is 7.41. The zero-order valence-electron chi connectivity index (χ0n) is 29.8. The maximum absolute atomic E-state index is 7.25. The van der Waals surface area contributed by atoms with Crippen molar-refractivity contribution in [2.24, 2.45) is 40.4 Å². The Morgan fingerprint density at radius 2 is 1.17 bits per heavy atom. The minimum atomic E-state index is -1.72. The highest BCUT2D eigenvalue weighted by atomic mass is 28.4. The van der Waals surface area contributed by atoms with Gasteiger partial charge in [-0.3, -0.25) is 0 Å². The van der Waals surface area contributed by atoms with Crippen LogP contribution in [-0.4, -0.2) is 57.7 Å². The molecule has 0 aliphatic heterocycles. The summed E-state index contributed by atoms with van der Waals surface area (Å²) in [6, 6.07) is 0. The Balaban J connectivity index is 1.71. The fourth-order valence-electron chi connectivity index (χ4n) is 10.2. The van der Waals surface area contributed by atoms with Crippen molar-refractivity contribution in [2.45, 2.75) is 162 Å². The highest BCUT2D eigenvalue weighted by Crippen LogP contribution is 2.70. The second-order valence-electron chi connectivity index (χ2n) is 19.3. The number of rotatable bonds is 9. The fourth-order valence-corrected chi connectivity index (χ4v) is 15.0. The third-order valence-corrected chi connectivity index (χ3v) is 15.7. The Morgan fingerprint density at radius 3 is 1.71 bits per heavy atom. The normalized spacial score (nSPS) is 43.8. The van der Waals surface area contributed by atoms with E-state index in [-0.39, 0.29) is 16.4 Å². The number of hydrogen-bond donors (Lipinski definition) is 0. The molecule has 41 heavy (non-hydrogen) atoms. The molecule has 240 valence electrons. The fraction of sp³-hybridized carbons (Fsp3) is 1.00. The van der Waals surface area contributed by atoms with Crippen LogP contribution in [-0.2, 0) is 17.7 Å². The van der Waals surface area contributed by atoms with Gasteiger partial charge in [0.05, 0.1) is 11.7 Å². The molecule has 8 heteroatoms. The Labute approximate surface area is 259 Å². The molecule has 0 aromatic heterocycles. The summed E-state index contributed by atoms with van der Waals surface area (Å²) in [6.07, 6.45) is 9.48. The van der Waals surface area contributed by atoms with Gasteiger partial charge < -0.3 is 17.7 Å². The van der Waals surface area contributed by atoms with E-state index in [1.165, 1.54) is 38.5 Å². The summed E-state index contributed by atoms with van der Waals surface area (Å²) in [6.45, 7) is 37.1. The molecule has 4 aliphatic carbocycles. The lowest BCUT2D eigenvalue weighted by Gasteiger charge is -2.65. The van der Waals surface area contributed by atoms with Crippen LogP contribution in [0.5, 0.6) is 0 Å². The lowest BCUT2D eigenvalue weighted by molar-refractivity contribution is -0.190. The van der Waals surface area contributed by atoms with Crippen molar-refractivity contribution in [2.75, 3.05) is 6.61 Å². The molecule has 4 aliphatic rings. The largest absolute Gasteiger partial charge is 0.417 e. The van der Waals surface area contributed by atoms with Crippen LogP contribution in [0.1, 0.15) is 65.7 Å². The van der Waals surface area contributed by atoms with Gasteiger partial charge in [-0.05, 0) is 165 Å². The second-order valence-corrected chi connectivity index (χ2v) is 37.2. The van der Waals surface area contributed by atoms with Crippen molar-refractivity contribution in [3.63, 3.8) is 0 Å². The smallest absolute Gasteiger partial charge is 0.184 e. The summed E-state index contributed by atoms with van der Waals surface area (Å²) in [5, 5.41) is 0. The lowest BCUT2D eigenvalue weighted by atomic mass is 9.43. The van der Waals surface area contributed by atoms with Crippen molar-refractivity contribution in [1.29, 1.82) is 0 Å². The average Bonchev–Trinajstić information content (AvgIpc) is 2.99. The van der Waals surface area contributed by atoms with Crippen LogP contribution in [0.3, 0.4) is 0 Å². The first-order chi connectivity index (χ1) is 18.4. The average molecular weight is 641 g/mol. The first kappa shape index (κ1) is 34.6. The zero-order valence-corrected chi connectivity index (χ0v) is 33.8. The van der Waals surface area contributed by atoms with Gasteiger partial charge in [-0.15, -0.1) is 0 Å². The standard InChI is InChI=1S/C33H68O4Si4/c1-31-22-24(23-34-38(4,5)6)29(35-39(7,8)9)21-28(31)30(36-40(10,11)12)20-25-26(31)16-18-32(2)27(25)17-19-33(32,3)37-41(13,14)15/h24-30H,16-23H2,1-15H3/t24?,25?,26?,27?,28?,29-,30?,31?,32?,33-/m0/s1. The van der Waals surface area contributed by atoms with Crippen molar-refractivity contribution < 1.29 is 17.7 Å². The highest BCUT2D eigenvalue weighted by Gasteiger charge is 2.67. The third-order valence-electron chi connectivity index (χ3n) is 11.6. The highest BCUT2D eigenvalue weighted by molar-refractivity contribution is 6.70. The second kappa shape index (κ2) is 11.2. The molecule has 0 aromatic rings. The van der Waals surface area contributed by atoms with Crippen molar-refractivity contribution in [3.05, 3.63) is 0 Å². The molecule has 0 bridgehead atoms. The van der Waals surface area contributed by atoms with Crippen LogP contribution >= 0.6 is 0 Å². The van der Waals surface area contributed by atoms with E-state index in [4.69, 9.17) is 17.7 Å². The van der Waals surface area contributed by atoms with E-state index in [1.54, 1.807) is 0 Å². The van der Waals surface area contributed by atoms with Crippen molar-refractivity contribution >= 4 is 33.3 Å². The molecule has 4 rings (SSSR count). The first-order valence-corrected chi connectivity index (χ1v) is 30.7. The summed E-state index contributed by atoms with van der Waals surface area (Å²) < 4.78 is 28.1. The zero-order chi connectivity index (χ0) is 31.0. The molecule has 0 N–H and O–H groups in total. The summed E-state index contributed by atoms with van der Waals surface area (Å²) in [7, 11) is -6.68. The molecule has 4 saturated carbocycles. The van der Waals surface area contributed by atoms with Crippen molar-refractivity contribution in [1.82, 2.24) is 0 Å². The Hall–Kier alpha value is 0.708. The van der Waals surface area contributed by atoms with E-state index < -0.39 is 33.3 Å². The monoisotopic (exact) mass is 640 g/mol. The van der Waals surface area contributed by atoms with Gasteiger partial charge in [-0.1, -0.05) is 13.8 Å². The minimum absolute atomic E-state index is 0.0105. The van der Waals surface area contributed by atoms with E-state index >= 15 is 0 Å². The van der Waals surface area contributed by atoms with E-state index in [0.29, 0.717) is 24.0 Å². The Morgan fingerprint density at radius 1 is 0.610 bits per heavy atom. The first-order valence-electron chi connectivity index (χ1n) is 17.1. The predicted molar refractivity (Wildman–Crippen MR) is 185 cm³/mol. The maximum atomic E-state index is 7.25. The summed E-state index contributed by atoms with van der Waals surface area (Å²) in [4.78, 5) is 0. The van der Waals surface area contributed by atoms with Crippen LogP contribution in [0.15, 0.2) is 0 Å². The molecule has 4 fully saturated rings. The molecule has 0 spiro atoms. The predicted octanol–water partition coefficient (Wildman–Crippen LogP) is 9.77. The lowest BCUT2D eigenvalue weighted by Crippen LogP contribution is -2.63. The van der Waals surface area contributed by atoms with Gasteiger partial charge in [0.25, 0.3) is 0 Å². The minimum Gasteiger partial charge on any atom is -0.417 e. The van der Waals surface area contributed by atoms with Crippen LogP contribution in [0.4, 0.5) is 0 Å². The quantitative estimate of drug-likeness (QED) is 0.235. The van der Waals surface area contributed by atoms with Gasteiger partial charge in [0.1, 0.15) is 0 Å². The van der Waals surface area contributed by atoms with E-state index in [0.717, 1.165) is 30.8 Å². The molecule has 0 radical (unpaired) electrons. The van der Waals surface area contributed by atoms with E-state index in [1.807, 2.05) is 0 Å². The van der Waals surface area contributed by atoms with E-state index in [9.17, 15) is 0 Å². The van der Waals surface area contributed by atoms with E-state index in [2.05, 4.69) is 99.3 Å². The SMILES string of the molecule is CC12CC(CO[Si](C)(C)C)[C@@H](O[Si](C)(C)C)CC1C(O[Si](C)(C)C)CC1C2CCC2(C)C1CC[C@]2(C)O[Si](C)(C)C. The molecular formula is C33H68O4Si4. The molecule has 4 nitrogen and oxygen atoms in total. The van der Waals surface area contributed by atoms with Gasteiger partial charge in [-0.2, -0.15) is 0 Å². The van der Waals surface area contributed by atoms with Gasteiger partial charge in [0.2, 0.25) is 0 Å². The summed E-state index contributed by atoms with van der Waals surface area (Å²) in [5.74, 6) is 3.30. The molecule has 0 heterocycles. The molecular weight excluding hydrogens is 573 g/mol. The molecule has 0 saturated heterocycles. The van der Waals surface area contributed by atoms with Crippen LogP contribution < -0.4 is 0 Å². The van der Waals surface area contributed by atoms with Gasteiger partial charge in [0.15, 0.2) is 33.3 Å². The molecule has 10 atom stereocenters. The van der Waals surface area contributed by atoms with Gasteiger partial charge in [-0.25, -0.2) is 0 Å².